The third-order valence-corrected chi connectivity index (χ3v) is 5.48. The van der Waals surface area contributed by atoms with Gasteiger partial charge in [-0.1, -0.05) is 54.2 Å². The van der Waals surface area contributed by atoms with Crippen molar-refractivity contribution in [3.63, 3.8) is 0 Å². The first-order valence-electron chi connectivity index (χ1n) is 8.64. The Kier molecular flexibility index (Phi) is 5.78. The van der Waals surface area contributed by atoms with Gasteiger partial charge in [-0.25, -0.2) is 4.98 Å². The zero-order chi connectivity index (χ0) is 18.5. The Balaban J connectivity index is 1.68. The number of carbonyl (C=O) groups is 1. The lowest BCUT2D eigenvalue weighted by molar-refractivity contribution is -0.120. The van der Waals surface area contributed by atoms with E-state index in [9.17, 15) is 4.79 Å². The molecule has 3 rings (SSSR count). The third kappa shape index (κ3) is 4.17. The van der Waals surface area contributed by atoms with Crippen molar-refractivity contribution in [3.05, 3.63) is 77.6 Å². The number of aryl methyl sites for hydroxylation is 1. The lowest BCUT2D eigenvalue weighted by Crippen LogP contribution is -2.30. The van der Waals surface area contributed by atoms with E-state index in [1.807, 2.05) is 54.1 Å². The fraction of sp³-hybridized carbons (Fsp3) is 0.238. The Bertz CT molecular complexity index is 889. The Morgan fingerprint density at radius 3 is 2.69 bits per heavy atom. The van der Waals surface area contributed by atoms with E-state index in [-0.39, 0.29) is 11.2 Å². The van der Waals surface area contributed by atoms with Crippen LogP contribution in [0.2, 0.25) is 0 Å². The van der Waals surface area contributed by atoms with E-state index >= 15 is 0 Å². The van der Waals surface area contributed by atoms with Crippen molar-refractivity contribution in [1.82, 2.24) is 14.9 Å². The summed E-state index contributed by atoms with van der Waals surface area (Å²) < 4.78 is 2.05. The molecule has 1 atom stereocenters. The molecule has 0 fully saturated rings. The van der Waals surface area contributed by atoms with Crippen molar-refractivity contribution in [3.8, 4) is 5.69 Å². The molecule has 1 unspecified atom stereocenters. The number of hydrogen-bond acceptors (Lipinski definition) is 3. The number of nitrogens with zero attached hydrogens (tertiary/aromatic N) is 2. The van der Waals surface area contributed by atoms with Gasteiger partial charge < -0.3 is 5.32 Å². The van der Waals surface area contributed by atoms with Crippen LogP contribution < -0.4 is 5.32 Å². The number of imidazole rings is 1. The van der Waals surface area contributed by atoms with E-state index in [2.05, 4.69) is 36.3 Å². The number of hydrogen-bond donors (Lipinski definition) is 1. The summed E-state index contributed by atoms with van der Waals surface area (Å²) in [5.41, 5.74) is 4.64. The Morgan fingerprint density at radius 1 is 1.15 bits per heavy atom. The minimum absolute atomic E-state index is 0.00867. The van der Waals surface area contributed by atoms with E-state index in [0.717, 1.165) is 16.4 Å². The lowest BCUT2D eigenvalue weighted by Gasteiger charge is -2.15. The molecule has 0 aliphatic carbocycles. The molecule has 0 saturated carbocycles. The average molecular weight is 366 g/mol. The van der Waals surface area contributed by atoms with Crippen LogP contribution in [-0.4, -0.2) is 20.7 Å². The first kappa shape index (κ1) is 18.3. The third-order valence-electron chi connectivity index (χ3n) is 4.40. The Hall–Kier alpha value is -2.53. The molecule has 0 radical (unpaired) electrons. The summed E-state index contributed by atoms with van der Waals surface area (Å²) in [4.78, 5) is 16.9. The molecular formula is C21H23N3OS. The summed E-state index contributed by atoms with van der Waals surface area (Å²) in [5, 5.41) is 3.58. The van der Waals surface area contributed by atoms with Gasteiger partial charge in [0.15, 0.2) is 5.16 Å². The number of rotatable bonds is 6. The van der Waals surface area contributed by atoms with Crippen LogP contribution in [0.15, 0.2) is 66.1 Å². The van der Waals surface area contributed by atoms with Gasteiger partial charge >= 0.3 is 0 Å². The molecule has 0 aliphatic rings. The maximum atomic E-state index is 12.4. The minimum Gasteiger partial charge on any atom is -0.351 e. The summed E-state index contributed by atoms with van der Waals surface area (Å²) in [6, 6.07) is 16.1. The van der Waals surface area contributed by atoms with Crippen molar-refractivity contribution >= 4 is 17.7 Å². The predicted octanol–water partition coefficient (Wildman–Crippen LogP) is 4.29. The second-order valence-electron chi connectivity index (χ2n) is 6.26. The molecule has 1 heterocycles. The fourth-order valence-corrected chi connectivity index (χ4v) is 3.60. The predicted molar refractivity (Wildman–Crippen MR) is 107 cm³/mol. The van der Waals surface area contributed by atoms with Crippen LogP contribution in [0.1, 0.15) is 23.6 Å². The van der Waals surface area contributed by atoms with E-state index in [1.165, 1.54) is 22.9 Å². The van der Waals surface area contributed by atoms with Gasteiger partial charge in [-0.05, 0) is 43.5 Å². The zero-order valence-corrected chi connectivity index (χ0v) is 16.1. The molecule has 4 nitrogen and oxygen atoms in total. The smallest absolute Gasteiger partial charge is 0.233 e. The number of carbonyl (C=O) groups excluding carboxylic acids is 1. The van der Waals surface area contributed by atoms with Gasteiger partial charge in [-0.3, -0.25) is 9.36 Å². The fourth-order valence-electron chi connectivity index (χ4n) is 2.70. The van der Waals surface area contributed by atoms with Crippen molar-refractivity contribution < 1.29 is 4.79 Å². The number of benzene rings is 2. The Morgan fingerprint density at radius 2 is 1.92 bits per heavy atom. The van der Waals surface area contributed by atoms with E-state index in [0.29, 0.717) is 6.54 Å². The van der Waals surface area contributed by atoms with Gasteiger partial charge in [0.05, 0.1) is 10.9 Å². The lowest BCUT2D eigenvalue weighted by atomic mass is 10.1. The number of aromatic nitrogens is 2. The van der Waals surface area contributed by atoms with Crippen LogP contribution >= 0.6 is 11.8 Å². The van der Waals surface area contributed by atoms with E-state index in [4.69, 9.17) is 0 Å². The quantitative estimate of drug-likeness (QED) is 0.663. The first-order chi connectivity index (χ1) is 12.6. The minimum atomic E-state index is -0.232. The van der Waals surface area contributed by atoms with Gasteiger partial charge in [0.1, 0.15) is 0 Å². The number of thioether (sulfide) groups is 1. The maximum Gasteiger partial charge on any atom is 0.233 e. The zero-order valence-electron chi connectivity index (χ0n) is 15.3. The van der Waals surface area contributed by atoms with Crippen molar-refractivity contribution in [2.75, 3.05) is 0 Å². The van der Waals surface area contributed by atoms with Crippen molar-refractivity contribution in [2.45, 2.75) is 37.7 Å². The van der Waals surface area contributed by atoms with Gasteiger partial charge in [-0.2, -0.15) is 0 Å². The highest BCUT2D eigenvalue weighted by molar-refractivity contribution is 8.00. The molecule has 5 heteroatoms. The van der Waals surface area contributed by atoms with Crippen LogP contribution in [0, 0.1) is 13.8 Å². The molecule has 1 aromatic heterocycles. The molecular weight excluding hydrogens is 342 g/mol. The van der Waals surface area contributed by atoms with Gasteiger partial charge in [0.25, 0.3) is 0 Å². The molecule has 2 aromatic carbocycles. The normalized spacial score (nSPS) is 12.0. The van der Waals surface area contributed by atoms with E-state index < -0.39 is 0 Å². The number of amides is 1. The summed E-state index contributed by atoms with van der Waals surface area (Å²) in [6.07, 6.45) is 3.72. The average Bonchev–Trinajstić information content (AvgIpc) is 3.10. The molecule has 0 saturated heterocycles. The van der Waals surface area contributed by atoms with Crippen LogP contribution in [0.4, 0.5) is 0 Å². The van der Waals surface area contributed by atoms with Crippen molar-refractivity contribution in [1.29, 1.82) is 0 Å². The molecule has 1 amide bonds. The Labute approximate surface area is 158 Å². The summed E-state index contributed by atoms with van der Waals surface area (Å²) in [7, 11) is 0. The monoisotopic (exact) mass is 365 g/mol. The second kappa shape index (κ2) is 8.23. The van der Waals surface area contributed by atoms with Gasteiger partial charge in [-0.15, -0.1) is 0 Å². The molecule has 0 bridgehead atoms. The summed E-state index contributed by atoms with van der Waals surface area (Å²) in [5.74, 6) is 0.00867. The molecule has 0 aliphatic heterocycles. The highest BCUT2D eigenvalue weighted by atomic mass is 32.2. The first-order valence-corrected chi connectivity index (χ1v) is 9.52. The molecule has 26 heavy (non-hydrogen) atoms. The summed E-state index contributed by atoms with van der Waals surface area (Å²) in [6.45, 7) is 6.65. The van der Waals surface area contributed by atoms with Crippen LogP contribution in [0.25, 0.3) is 5.69 Å². The van der Waals surface area contributed by atoms with Crippen LogP contribution in [0.5, 0.6) is 0 Å². The topological polar surface area (TPSA) is 46.9 Å². The largest absolute Gasteiger partial charge is 0.351 e. The van der Waals surface area contributed by atoms with Crippen LogP contribution in [-0.2, 0) is 11.3 Å². The standard InChI is InChI=1S/C21H23N3OS/c1-15-8-7-11-19(16(15)2)24-13-12-22-21(24)26-17(3)20(25)23-14-18-9-5-4-6-10-18/h4-13,17H,14H2,1-3H3,(H,23,25). The van der Waals surface area contributed by atoms with E-state index in [1.54, 1.807) is 6.20 Å². The summed E-state index contributed by atoms with van der Waals surface area (Å²) >= 11 is 1.47. The highest BCUT2D eigenvalue weighted by Crippen LogP contribution is 2.27. The molecule has 3 aromatic rings. The van der Waals surface area contributed by atoms with Gasteiger partial charge in [0.2, 0.25) is 5.91 Å². The SMILES string of the molecule is Cc1cccc(-n2ccnc2SC(C)C(=O)NCc2ccccc2)c1C. The van der Waals surface area contributed by atoms with Crippen LogP contribution in [0.3, 0.4) is 0 Å². The number of nitrogens with one attached hydrogen (secondary N) is 1. The second-order valence-corrected chi connectivity index (χ2v) is 7.57. The van der Waals surface area contributed by atoms with Crippen molar-refractivity contribution in [2.24, 2.45) is 0 Å². The maximum absolute atomic E-state index is 12.4. The molecule has 1 N–H and O–H groups in total. The molecule has 134 valence electrons. The highest BCUT2D eigenvalue weighted by Gasteiger charge is 2.18. The van der Waals surface area contributed by atoms with Gasteiger partial charge in [0, 0.05) is 18.9 Å². The molecule has 0 spiro atoms.